The molecule has 2 rings (SSSR count). The summed E-state index contributed by atoms with van der Waals surface area (Å²) < 4.78 is 5.69. The maximum absolute atomic E-state index is 10.9. The zero-order valence-corrected chi connectivity index (χ0v) is 12.9. The first-order chi connectivity index (χ1) is 9.93. The van der Waals surface area contributed by atoms with Crippen molar-refractivity contribution in [1.29, 1.82) is 0 Å². The van der Waals surface area contributed by atoms with Crippen LogP contribution in [0, 0.1) is 5.92 Å². The van der Waals surface area contributed by atoms with Crippen molar-refractivity contribution in [3.63, 3.8) is 0 Å². The molecule has 1 aliphatic rings. The highest BCUT2D eigenvalue weighted by Gasteiger charge is 2.36. The van der Waals surface area contributed by atoms with Crippen molar-refractivity contribution < 1.29 is 19.7 Å². The number of halogens is 1. The van der Waals surface area contributed by atoms with Gasteiger partial charge in [-0.15, -0.1) is 0 Å². The highest BCUT2D eigenvalue weighted by atomic mass is 35.5. The molecule has 0 radical (unpaired) electrons. The zero-order chi connectivity index (χ0) is 15.5. The van der Waals surface area contributed by atoms with Crippen LogP contribution in [0.1, 0.15) is 38.2 Å². The summed E-state index contributed by atoms with van der Waals surface area (Å²) in [6.07, 6.45) is 2.73. The van der Waals surface area contributed by atoms with Gasteiger partial charge in [-0.1, -0.05) is 18.5 Å². The largest absolute Gasteiger partial charge is 0.491 e. The Bertz CT molecular complexity index is 507. The van der Waals surface area contributed by atoms with Crippen LogP contribution in [0.15, 0.2) is 18.2 Å². The van der Waals surface area contributed by atoms with Gasteiger partial charge in [0.15, 0.2) is 0 Å². The van der Waals surface area contributed by atoms with Crippen LogP contribution in [-0.2, 0) is 11.2 Å². The SMILES string of the molecule is CCc1cc(OCC2(O)CCC(C(=O)O)CC2)ccc1Cl. The number of aryl methyl sites for hydroxylation is 1. The molecule has 0 amide bonds. The van der Waals surface area contributed by atoms with E-state index in [1.165, 1.54) is 0 Å². The number of carboxylic acid groups (broad SMARTS) is 1. The zero-order valence-electron chi connectivity index (χ0n) is 12.1. The Balaban J connectivity index is 1.92. The lowest BCUT2D eigenvalue weighted by Gasteiger charge is -2.34. The highest BCUT2D eigenvalue weighted by molar-refractivity contribution is 6.31. The number of aliphatic hydroxyl groups is 1. The molecule has 0 unspecified atom stereocenters. The number of hydrogen-bond donors (Lipinski definition) is 2. The number of ether oxygens (including phenoxy) is 1. The molecule has 0 heterocycles. The quantitative estimate of drug-likeness (QED) is 0.875. The molecule has 1 saturated carbocycles. The van der Waals surface area contributed by atoms with Gasteiger partial charge in [0.05, 0.1) is 11.5 Å². The molecule has 1 aromatic carbocycles. The van der Waals surface area contributed by atoms with Crippen LogP contribution < -0.4 is 4.74 Å². The Hall–Kier alpha value is -1.26. The van der Waals surface area contributed by atoms with Crippen molar-refractivity contribution in [3.05, 3.63) is 28.8 Å². The van der Waals surface area contributed by atoms with E-state index in [4.69, 9.17) is 21.4 Å². The number of aliphatic carboxylic acids is 1. The summed E-state index contributed by atoms with van der Waals surface area (Å²) in [6.45, 7) is 2.20. The minimum atomic E-state index is -0.933. The van der Waals surface area contributed by atoms with Gasteiger partial charge >= 0.3 is 5.97 Å². The van der Waals surface area contributed by atoms with E-state index >= 15 is 0 Å². The summed E-state index contributed by atoms with van der Waals surface area (Å²) in [7, 11) is 0. The topological polar surface area (TPSA) is 66.8 Å². The van der Waals surface area contributed by atoms with Crippen molar-refractivity contribution in [3.8, 4) is 5.75 Å². The Morgan fingerprint density at radius 2 is 2.10 bits per heavy atom. The first-order valence-electron chi connectivity index (χ1n) is 7.30. The summed E-state index contributed by atoms with van der Waals surface area (Å²) in [6, 6.07) is 5.46. The Labute approximate surface area is 129 Å². The van der Waals surface area contributed by atoms with E-state index < -0.39 is 11.6 Å². The molecule has 5 heteroatoms. The summed E-state index contributed by atoms with van der Waals surface area (Å²) in [5.41, 5.74) is 0.0774. The van der Waals surface area contributed by atoms with E-state index in [0.717, 1.165) is 12.0 Å². The molecule has 0 bridgehead atoms. The van der Waals surface area contributed by atoms with E-state index in [1.54, 1.807) is 12.1 Å². The third-order valence-electron chi connectivity index (χ3n) is 4.17. The van der Waals surface area contributed by atoms with Gasteiger partial charge in [0.1, 0.15) is 12.4 Å². The molecule has 4 nitrogen and oxygen atoms in total. The molecule has 21 heavy (non-hydrogen) atoms. The number of carboxylic acids is 1. The monoisotopic (exact) mass is 312 g/mol. The van der Waals surface area contributed by atoms with Crippen LogP contribution in [-0.4, -0.2) is 28.4 Å². The van der Waals surface area contributed by atoms with Gasteiger partial charge in [-0.05, 0) is 55.9 Å². The molecule has 0 spiro atoms. The average molecular weight is 313 g/mol. The minimum Gasteiger partial charge on any atom is -0.491 e. The molecule has 0 aliphatic heterocycles. The Morgan fingerprint density at radius 1 is 1.43 bits per heavy atom. The van der Waals surface area contributed by atoms with Crippen molar-refractivity contribution in [1.82, 2.24) is 0 Å². The van der Waals surface area contributed by atoms with E-state index in [2.05, 4.69) is 0 Å². The predicted molar refractivity (Wildman–Crippen MR) is 80.9 cm³/mol. The minimum absolute atomic E-state index is 0.185. The van der Waals surface area contributed by atoms with Crippen molar-refractivity contribution >= 4 is 17.6 Å². The van der Waals surface area contributed by atoms with E-state index in [0.29, 0.717) is 36.5 Å². The average Bonchev–Trinajstić information content (AvgIpc) is 2.47. The lowest BCUT2D eigenvalue weighted by Crippen LogP contribution is -2.41. The predicted octanol–water partition coefficient (Wildman–Crippen LogP) is 3.29. The number of carbonyl (C=O) groups is 1. The molecule has 116 valence electrons. The molecule has 2 N–H and O–H groups in total. The third-order valence-corrected chi connectivity index (χ3v) is 4.54. The van der Waals surface area contributed by atoms with Crippen LogP contribution in [0.25, 0.3) is 0 Å². The van der Waals surface area contributed by atoms with Gasteiger partial charge in [0.25, 0.3) is 0 Å². The molecule has 0 saturated heterocycles. The van der Waals surface area contributed by atoms with Crippen molar-refractivity contribution in [2.24, 2.45) is 5.92 Å². The standard InChI is InChI=1S/C16H21ClO4/c1-2-11-9-13(3-4-14(11)17)21-10-16(20)7-5-12(6-8-16)15(18)19/h3-4,9,12,20H,2,5-8,10H2,1H3,(H,18,19). The summed E-state index contributed by atoms with van der Waals surface area (Å²) >= 11 is 6.06. The molecule has 1 aromatic rings. The summed E-state index contributed by atoms with van der Waals surface area (Å²) in [4.78, 5) is 10.9. The second-order valence-corrected chi connectivity index (χ2v) is 6.14. The third kappa shape index (κ3) is 4.11. The van der Waals surface area contributed by atoms with Gasteiger partial charge < -0.3 is 14.9 Å². The van der Waals surface area contributed by atoms with Crippen LogP contribution in [0.5, 0.6) is 5.75 Å². The van der Waals surface area contributed by atoms with Gasteiger partial charge in [0.2, 0.25) is 0 Å². The smallest absolute Gasteiger partial charge is 0.306 e. The first-order valence-corrected chi connectivity index (χ1v) is 7.68. The molecule has 0 aromatic heterocycles. The Kier molecular flexibility index (Phi) is 5.12. The van der Waals surface area contributed by atoms with Crippen LogP contribution in [0.4, 0.5) is 0 Å². The lowest BCUT2D eigenvalue weighted by atomic mass is 9.79. The molecule has 1 fully saturated rings. The maximum Gasteiger partial charge on any atom is 0.306 e. The normalized spacial score (nSPS) is 25.6. The Morgan fingerprint density at radius 3 is 2.67 bits per heavy atom. The lowest BCUT2D eigenvalue weighted by molar-refractivity contribution is -0.145. The molecular formula is C16H21ClO4. The van der Waals surface area contributed by atoms with E-state index in [9.17, 15) is 9.90 Å². The van der Waals surface area contributed by atoms with E-state index in [-0.39, 0.29) is 12.5 Å². The molecule has 0 atom stereocenters. The summed E-state index contributed by atoms with van der Waals surface area (Å²) in [5, 5.41) is 20.2. The van der Waals surface area contributed by atoms with E-state index in [1.807, 2.05) is 13.0 Å². The number of rotatable bonds is 5. The van der Waals surface area contributed by atoms with Crippen LogP contribution >= 0.6 is 11.6 Å². The second-order valence-electron chi connectivity index (χ2n) is 5.73. The van der Waals surface area contributed by atoms with Gasteiger partial charge in [-0.3, -0.25) is 4.79 Å². The number of benzene rings is 1. The van der Waals surface area contributed by atoms with Gasteiger partial charge in [0, 0.05) is 5.02 Å². The van der Waals surface area contributed by atoms with Gasteiger partial charge in [-0.2, -0.15) is 0 Å². The van der Waals surface area contributed by atoms with Crippen molar-refractivity contribution in [2.45, 2.75) is 44.6 Å². The molecular weight excluding hydrogens is 292 g/mol. The fourth-order valence-electron chi connectivity index (χ4n) is 2.68. The first kappa shape index (κ1) is 16.1. The fraction of sp³-hybridized carbons (Fsp3) is 0.562. The van der Waals surface area contributed by atoms with Crippen LogP contribution in [0.3, 0.4) is 0 Å². The highest BCUT2D eigenvalue weighted by Crippen LogP contribution is 2.33. The number of hydrogen-bond acceptors (Lipinski definition) is 3. The van der Waals surface area contributed by atoms with Gasteiger partial charge in [-0.25, -0.2) is 0 Å². The maximum atomic E-state index is 10.9. The van der Waals surface area contributed by atoms with Crippen molar-refractivity contribution in [2.75, 3.05) is 6.61 Å². The summed E-state index contributed by atoms with van der Waals surface area (Å²) in [5.74, 6) is -0.430. The molecule has 1 aliphatic carbocycles. The second kappa shape index (κ2) is 6.67. The van der Waals surface area contributed by atoms with Crippen LogP contribution in [0.2, 0.25) is 5.02 Å². The fourth-order valence-corrected chi connectivity index (χ4v) is 2.93.